The van der Waals surface area contributed by atoms with Gasteiger partial charge in [-0.1, -0.05) is 51.1 Å². The molecule has 0 aliphatic carbocycles. The molecule has 1 unspecified atom stereocenters. The molecule has 2 heteroatoms. The van der Waals surface area contributed by atoms with Crippen molar-refractivity contribution in [2.24, 2.45) is 0 Å². The summed E-state index contributed by atoms with van der Waals surface area (Å²) in [5.41, 5.74) is 5.63. The molecule has 3 rings (SSSR count). The van der Waals surface area contributed by atoms with Gasteiger partial charge in [0.1, 0.15) is 11.7 Å². The Labute approximate surface area is 132 Å². The second-order valence-electron chi connectivity index (χ2n) is 7.17. The van der Waals surface area contributed by atoms with E-state index in [9.17, 15) is 4.79 Å². The fourth-order valence-corrected chi connectivity index (χ4v) is 3.12. The van der Waals surface area contributed by atoms with E-state index in [1.807, 2.05) is 18.2 Å². The minimum Gasteiger partial charge on any atom is -0.425 e. The molecule has 2 aromatic carbocycles. The van der Waals surface area contributed by atoms with Gasteiger partial charge in [0.05, 0.1) is 0 Å². The molecular weight excluding hydrogens is 272 g/mol. The van der Waals surface area contributed by atoms with E-state index in [-0.39, 0.29) is 17.3 Å². The van der Waals surface area contributed by atoms with Crippen molar-refractivity contribution < 1.29 is 9.53 Å². The number of hydrogen-bond donors (Lipinski definition) is 0. The van der Waals surface area contributed by atoms with Crippen molar-refractivity contribution in [3.63, 3.8) is 0 Å². The van der Waals surface area contributed by atoms with Crippen LogP contribution in [0.2, 0.25) is 0 Å². The van der Waals surface area contributed by atoms with Crippen LogP contribution in [-0.2, 0) is 10.2 Å². The van der Waals surface area contributed by atoms with Crippen LogP contribution in [0.5, 0.6) is 5.75 Å². The third-order valence-corrected chi connectivity index (χ3v) is 4.47. The minimum atomic E-state index is -0.315. The molecule has 22 heavy (non-hydrogen) atoms. The largest absolute Gasteiger partial charge is 0.425 e. The van der Waals surface area contributed by atoms with E-state index >= 15 is 0 Å². The lowest BCUT2D eigenvalue weighted by molar-refractivity contribution is -0.133. The van der Waals surface area contributed by atoms with Crippen molar-refractivity contribution in [2.45, 2.75) is 46.0 Å². The number of carbonyl (C=O) groups is 1. The molecule has 1 aliphatic heterocycles. The molecule has 1 heterocycles. The third kappa shape index (κ3) is 2.33. The molecule has 0 spiro atoms. The van der Waals surface area contributed by atoms with Gasteiger partial charge in [-0.15, -0.1) is 0 Å². The van der Waals surface area contributed by atoms with E-state index in [4.69, 9.17) is 4.74 Å². The molecule has 1 aliphatic rings. The smallest absolute Gasteiger partial charge is 0.323 e. The SMILES string of the molecule is Cc1ccc(C2C(=O)Oc3cccc(C(C)(C)C)c32)cc1C. The van der Waals surface area contributed by atoms with Gasteiger partial charge in [0.15, 0.2) is 0 Å². The first-order valence-electron chi connectivity index (χ1n) is 7.71. The fraction of sp³-hybridized carbons (Fsp3) is 0.350. The second-order valence-corrected chi connectivity index (χ2v) is 7.17. The number of esters is 1. The Morgan fingerprint density at radius 3 is 2.36 bits per heavy atom. The van der Waals surface area contributed by atoms with Crippen molar-refractivity contribution >= 4 is 5.97 Å². The summed E-state index contributed by atoms with van der Waals surface area (Å²) in [5, 5.41) is 0. The van der Waals surface area contributed by atoms with Crippen LogP contribution in [0.3, 0.4) is 0 Å². The van der Waals surface area contributed by atoms with Crippen LogP contribution in [0.4, 0.5) is 0 Å². The summed E-state index contributed by atoms with van der Waals surface area (Å²) < 4.78 is 5.54. The first kappa shape index (κ1) is 14.8. The molecule has 0 amide bonds. The van der Waals surface area contributed by atoms with Crippen molar-refractivity contribution in [3.8, 4) is 5.75 Å². The predicted molar refractivity (Wildman–Crippen MR) is 88.5 cm³/mol. The number of carbonyl (C=O) groups excluding carboxylic acids is 1. The number of rotatable bonds is 1. The molecule has 0 saturated carbocycles. The molecule has 0 N–H and O–H groups in total. The third-order valence-electron chi connectivity index (χ3n) is 4.47. The summed E-state index contributed by atoms with van der Waals surface area (Å²) in [5.74, 6) is 0.223. The van der Waals surface area contributed by atoms with E-state index in [1.165, 1.54) is 16.7 Å². The van der Waals surface area contributed by atoms with Gasteiger partial charge in [0.2, 0.25) is 0 Å². The Kier molecular flexibility index (Phi) is 3.36. The first-order valence-corrected chi connectivity index (χ1v) is 7.71. The van der Waals surface area contributed by atoms with Crippen LogP contribution in [0.1, 0.15) is 54.5 Å². The molecular formula is C20H22O2. The number of aryl methyl sites for hydroxylation is 2. The lowest BCUT2D eigenvalue weighted by atomic mass is 9.78. The highest BCUT2D eigenvalue weighted by atomic mass is 16.5. The lowest BCUT2D eigenvalue weighted by Crippen LogP contribution is -2.17. The maximum atomic E-state index is 12.5. The van der Waals surface area contributed by atoms with Crippen molar-refractivity contribution in [1.82, 2.24) is 0 Å². The minimum absolute atomic E-state index is 0.0304. The van der Waals surface area contributed by atoms with E-state index < -0.39 is 0 Å². The molecule has 1 atom stereocenters. The highest BCUT2D eigenvalue weighted by Gasteiger charge is 2.38. The highest BCUT2D eigenvalue weighted by molar-refractivity contribution is 5.90. The maximum Gasteiger partial charge on any atom is 0.323 e. The summed E-state index contributed by atoms with van der Waals surface area (Å²) in [6.45, 7) is 10.7. The Morgan fingerprint density at radius 2 is 1.73 bits per heavy atom. The maximum absolute atomic E-state index is 12.5. The Bertz CT molecular complexity index is 751. The van der Waals surface area contributed by atoms with E-state index in [0.29, 0.717) is 5.75 Å². The van der Waals surface area contributed by atoms with Gasteiger partial charge >= 0.3 is 5.97 Å². The van der Waals surface area contributed by atoms with Crippen molar-refractivity contribution in [2.75, 3.05) is 0 Å². The quantitative estimate of drug-likeness (QED) is 0.565. The summed E-state index contributed by atoms with van der Waals surface area (Å²) in [4.78, 5) is 12.5. The van der Waals surface area contributed by atoms with E-state index in [2.05, 4.69) is 52.8 Å². The zero-order valence-corrected chi connectivity index (χ0v) is 13.9. The van der Waals surface area contributed by atoms with Crippen LogP contribution in [-0.4, -0.2) is 5.97 Å². The Hall–Kier alpha value is -2.09. The number of fused-ring (bicyclic) bond motifs is 1. The van der Waals surface area contributed by atoms with Gasteiger partial charge < -0.3 is 4.74 Å². The average molecular weight is 294 g/mol. The summed E-state index contributed by atoms with van der Waals surface area (Å²) in [7, 11) is 0. The van der Waals surface area contributed by atoms with Gasteiger partial charge in [-0.25, -0.2) is 0 Å². The summed E-state index contributed by atoms with van der Waals surface area (Å²) in [6, 6.07) is 12.2. The van der Waals surface area contributed by atoms with Gasteiger partial charge in [0.25, 0.3) is 0 Å². The normalized spacial score (nSPS) is 17.3. The van der Waals surface area contributed by atoms with Crippen LogP contribution in [0.15, 0.2) is 36.4 Å². The van der Waals surface area contributed by atoms with E-state index in [0.717, 1.165) is 11.1 Å². The van der Waals surface area contributed by atoms with Crippen LogP contribution >= 0.6 is 0 Å². The number of hydrogen-bond acceptors (Lipinski definition) is 2. The highest BCUT2D eigenvalue weighted by Crippen LogP contribution is 2.44. The Balaban J connectivity index is 2.20. The average Bonchev–Trinajstić information content (AvgIpc) is 2.76. The topological polar surface area (TPSA) is 26.3 Å². The first-order chi connectivity index (χ1) is 10.3. The Morgan fingerprint density at radius 1 is 1.00 bits per heavy atom. The van der Waals surface area contributed by atoms with Crippen LogP contribution in [0.25, 0.3) is 0 Å². The molecule has 0 fully saturated rings. The number of benzene rings is 2. The molecule has 2 aromatic rings. The molecule has 0 bridgehead atoms. The zero-order chi connectivity index (χ0) is 16.1. The summed E-state index contributed by atoms with van der Waals surface area (Å²) in [6.07, 6.45) is 0. The van der Waals surface area contributed by atoms with Crippen LogP contribution < -0.4 is 4.74 Å². The van der Waals surface area contributed by atoms with Gasteiger partial charge in [-0.3, -0.25) is 4.79 Å². The lowest BCUT2D eigenvalue weighted by Gasteiger charge is -2.24. The van der Waals surface area contributed by atoms with E-state index in [1.54, 1.807) is 0 Å². The standard InChI is InChI=1S/C20H22O2/c1-12-9-10-14(11-13(12)2)17-18-15(20(3,4)5)7-6-8-16(18)22-19(17)21/h6-11,17H,1-5H3. The summed E-state index contributed by atoms with van der Waals surface area (Å²) >= 11 is 0. The fourth-order valence-electron chi connectivity index (χ4n) is 3.12. The zero-order valence-electron chi connectivity index (χ0n) is 13.9. The van der Waals surface area contributed by atoms with Crippen LogP contribution in [0, 0.1) is 13.8 Å². The van der Waals surface area contributed by atoms with Crippen molar-refractivity contribution in [3.05, 3.63) is 64.2 Å². The number of ether oxygens (including phenoxy) is 1. The van der Waals surface area contributed by atoms with Gasteiger partial charge in [-0.2, -0.15) is 0 Å². The van der Waals surface area contributed by atoms with Gasteiger partial charge in [-0.05, 0) is 47.6 Å². The molecule has 2 nitrogen and oxygen atoms in total. The van der Waals surface area contributed by atoms with Crippen molar-refractivity contribution in [1.29, 1.82) is 0 Å². The molecule has 0 radical (unpaired) electrons. The predicted octanol–water partition coefficient (Wildman–Crippen LogP) is 4.65. The van der Waals surface area contributed by atoms with Gasteiger partial charge in [0, 0.05) is 5.56 Å². The molecule has 114 valence electrons. The second kappa shape index (κ2) is 4.98. The monoisotopic (exact) mass is 294 g/mol. The molecule has 0 aromatic heterocycles. The molecule has 0 saturated heterocycles.